The molecular weight excluding hydrogens is 348 g/mol. The summed E-state index contributed by atoms with van der Waals surface area (Å²) in [5, 5.41) is 3.27. The zero-order valence-corrected chi connectivity index (χ0v) is 16.5. The van der Waals surface area contributed by atoms with Gasteiger partial charge < -0.3 is 10.1 Å². The van der Waals surface area contributed by atoms with Crippen molar-refractivity contribution in [2.75, 3.05) is 19.6 Å². The number of amides is 1. The molecule has 2 aliphatic rings. The minimum absolute atomic E-state index is 0.144. The third-order valence-corrected chi connectivity index (χ3v) is 5.93. The van der Waals surface area contributed by atoms with Crippen molar-refractivity contribution < 1.29 is 9.53 Å². The van der Waals surface area contributed by atoms with Crippen LogP contribution in [0.25, 0.3) is 0 Å². The smallest absolute Gasteiger partial charge is 0.234 e. The molecule has 4 nitrogen and oxygen atoms in total. The highest BCUT2D eigenvalue weighted by Crippen LogP contribution is 2.29. The predicted molar refractivity (Wildman–Crippen MR) is 111 cm³/mol. The second-order valence-corrected chi connectivity index (χ2v) is 7.98. The molecule has 2 aromatic carbocycles. The van der Waals surface area contributed by atoms with Gasteiger partial charge in [-0.1, -0.05) is 54.6 Å². The summed E-state index contributed by atoms with van der Waals surface area (Å²) in [6, 6.07) is 19.0. The van der Waals surface area contributed by atoms with Gasteiger partial charge >= 0.3 is 0 Å². The van der Waals surface area contributed by atoms with Gasteiger partial charge in [0.1, 0.15) is 0 Å². The molecule has 1 fully saturated rings. The second-order valence-electron chi connectivity index (χ2n) is 7.98. The van der Waals surface area contributed by atoms with Gasteiger partial charge in [0.05, 0.1) is 25.3 Å². The molecule has 1 aliphatic heterocycles. The first-order chi connectivity index (χ1) is 13.8. The minimum atomic E-state index is 0.144. The zero-order chi connectivity index (χ0) is 19.2. The lowest BCUT2D eigenvalue weighted by Crippen LogP contribution is -2.44. The quantitative estimate of drug-likeness (QED) is 0.830. The van der Waals surface area contributed by atoms with Crippen molar-refractivity contribution >= 4 is 5.91 Å². The van der Waals surface area contributed by atoms with Gasteiger partial charge in [0.15, 0.2) is 0 Å². The summed E-state index contributed by atoms with van der Waals surface area (Å²) >= 11 is 0. The molecule has 0 aromatic heterocycles. The van der Waals surface area contributed by atoms with Gasteiger partial charge in [-0.2, -0.15) is 0 Å². The Morgan fingerprint density at radius 2 is 1.75 bits per heavy atom. The van der Waals surface area contributed by atoms with E-state index in [1.165, 1.54) is 16.7 Å². The first kappa shape index (κ1) is 19.2. The van der Waals surface area contributed by atoms with Crippen LogP contribution in [0.3, 0.4) is 0 Å². The number of hydrogen-bond acceptors (Lipinski definition) is 3. The third-order valence-electron chi connectivity index (χ3n) is 5.93. The highest BCUT2D eigenvalue weighted by molar-refractivity contribution is 5.78. The molecule has 0 bridgehead atoms. The molecule has 148 valence electrons. The summed E-state index contributed by atoms with van der Waals surface area (Å²) in [5.74, 6) is 0.144. The highest BCUT2D eigenvalue weighted by Gasteiger charge is 2.24. The van der Waals surface area contributed by atoms with Gasteiger partial charge in [-0.3, -0.25) is 9.69 Å². The number of carbonyl (C=O) groups excluding carboxylic acids is 1. The minimum Gasteiger partial charge on any atom is -0.373 e. The molecule has 1 N–H and O–H groups in total. The van der Waals surface area contributed by atoms with E-state index in [9.17, 15) is 4.79 Å². The summed E-state index contributed by atoms with van der Waals surface area (Å²) in [4.78, 5) is 14.9. The SMILES string of the molecule is O=C(CN1CCC(OCc2ccccc2)CC1)NC1CCCc2ccccc21. The molecule has 1 amide bonds. The number of carbonyl (C=O) groups is 1. The predicted octanol–water partition coefficient (Wildman–Crippen LogP) is 3.86. The van der Waals surface area contributed by atoms with Crippen molar-refractivity contribution in [2.24, 2.45) is 0 Å². The zero-order valence-electron chi connectivity index (χ0n) is 16.5. The monoisotopic (exact) mass is 378 g/mol. The van der Waals surface area contributed by atoms with Gasteiger partial charge in [0.25, 0.3) is 0 Å². The van der Waals surface area contributed by atoms with Crippen molar-refractivity contribution in [3.8, 4) is 0 Å². The van der Waals surface area contributed by atoms with Crippen LogP contribution in [0.1, 0.15) is 48.4 Å². The summed E-state index contributed by atoms with van der Waals surface area (Å²) in [5.41, 5.74) is 3.91. The van der Waals surface area contributed by atoms with E-state index >= 15 is 0 Å². The van der Waals surface area contributed by atoms with Crippen LogP contribution in [0.5, 0.6) is 0 Å². The first-order valence-electron chi connectivity index (χ1n) is 10.5. The Hall–Kier alpha value is -2.17. The largest absolute Gasteiger partial charge is 0.373 e. The Balaban J connectivity index is 1.20. The van der Waals surface area contributed by atoms with Crippen LogP contribution in [0.2, 0.25) is 0 Å². The standard InChI is InChI=1S/C24H30N2O2/c27-24(25-23-12-6-10-20-9-4-5-11-22(20)23)17-26-15-13-21(14-16-26)28-18-19-7-2-1-3-8-19/h1-5,7-9,11,21,23H,6,10,12-18H2,(H,25,27). The van der Waals surface area contributed by atoms with E-state index < -0.39 is 0 Å². The fourth-order valence-corrected chi connectivity index (χ4v) is 4.37. The normalized spacial score (nSPS) is 20.5. The molecule has 4 rings (SSSR count). The van der Waals surface area contributed by atoms with Crippen LogP contribution in [0.15, 0.2) is 54.6 Å². The molecule has 2 aromatic rings. The van der Waals surface area contributed by atoms with Gasteiger partial charge in [-0.05, 0) is 48.8 Å². The van der Waals surface area contributed by atoms with Crippen molar-refractivity contribution in [3.05, 3.63) is 71.3 Å². The molecule has 0 spiro atoms. The number of hydrogen-bond donors (Lipinski definition) is 1. The lowest BCUT2D eigenvalue weighted by Gasteiger charge is -2.32. The number of ether oxygens (including phenoxy) is 1. The van der Waals surface area contributed by atoms with E-state index in [0.717, 1.165) is 45.2 Å². The Kier molecular flexibility index (Phi) is 6.40. The second kappa shape index (κ2) is 9.35. The van der Waals surface area contributed by atoms with E-state index in [1.54, 1.807) is 0 Å². The topological polar surface area (TPSA) is 41.6 Å². The molecule has 1 aliphatic carbocycles. The van der Waals surface area contributed by atoms with E-state index in [-0.39, 0.29) is 11.9 Å². The number of benzene rings is 2. The van der Waals surface area contributed by atoms with Crippen molar-refractivity contribution in [1.29, 1.82) is 0 Å². The van der Waals surface area contributed by atoms with Crippen LogP contribution >= 0.6 is 0 Å². The number of fused-ring (bicyclic) bond motifs is 1. The summed E-state index contributed by atoms with van der Waals surface area (Å²) in [6.07, 6.45) is 5.59. The van der Waals surface area contributed by atoms with Crippen molar-refractivity contribution in [3.63, 3.8) is 0 Å². The van der Waals surface area contributed by atoms with Gasteiger partial charge in [-0.15, -0.1) is 0 Å². The van der Waals surface area contributed by atoms with Gasteiger partial charge in [-0.25, -0.2) is 0 Å². The van der Waals surface area contributed by atoms with Gasteiger partial charge in [0.2, 0.25) is 5.91 Å². The fraction of sp³-hybridized carbons (Fsp3) is 0.458. The van der Waals surface area contributed by atoms with Crippen LogP contribution in [-0.4, -0.2) is 36.5 Å². The third kappa shape index (κ3) is 5.00. The molecular formula is C24H30N2O2. The summed E-state index contributed by atoms with van der Waals surface area (Å²) < 4.78 is 6.06. The molecule has 0 saturated carbocycles. The van der Waals surface area contributed by atoms with Crippen molar-refractivity contribution in [1.82, 2.24) is 10.2 Å². The number of likely N-dealkylation sites (tertiary alicyclic amines) is 1. The molecule has 4 heteroatoms. The molecule has 0 radical (unpaired) electrons. The van der Waals surface area contributed by atoms with E-state index in [4.69, 9.17) is 4.74 Å². The number of rotatable bonds is 6. The molecule has 28 heavy (non-hydrogen) atoms. The van der Waals surface area contributed by atoms with Crippen molar-refractivity contribution in [2.45, 2.75) is 50.9 Å². The highest BCUT2D eigenvalue weighted by atomic mass is 16.5. The maximum atomic E-state index is 12.6. The molecule has 1 unspecified atom stereocenters. The molecule has 1 atom stereocenters. The Morgan fingerprint density at radius 1 is 1.00 bits per heavy atom. The molecule has 1 heterocycles. The Bertz CT molecular complexity index is 769. The van der Waals surface area contributed by atoms with Crippen LogP contribution in [0.4, 0.5) is 0 Å². The lowest BCUT2D eigenvalue weighted by atomic mass is 9.88. The van der Waals surface area contributed by atoms with E-state index in [1.807, 2.05) is 18.2 Å². The number of aryl methyl sites for hydroxylation is 1. The van der Waals surface area contributed by atoms with Crippen LogP contribution < -0.4 is 5.32 Å². The average Bonchev–Trinajstić information content (AvgIpc) is 2.74. The number of piperidine rings is 1. The molecule has 1 saturated heterocycles. The van der Waals surface area contributed by atoms with Crippen LogP contribution in [-0.2, 0) is 22.6 Å². The Morgan fingerprint density at radius 3 is 2.57 bits per heavy atom. The Labute approximate surface area is 167 Å². The lowest BCUT2D eigenvalue weighted by molar-refractivity contribution is -0.123. The number of nitrogens with one attached hydrogen (secondary N) is 1. The summed E-state index contributed by atoms with van der Waals surface area (Å²) in [7, 11) is 0. The van der Waals surface area contributed by atoms with Crippen LogP contribution in [0, 0.1) is 0 Å². The maximum absolute atomic E-state index is 12.6. The summed E-state index contributed by atoms with van der Waals surface area (Å²) in [6.45, 7) is 3.01. The maximum Gasteiger partial charge on any atom is 0.234 e. The van der Waals surface area contributed by atoms with Gasteiger partial charge in [0, 0.05) is 13.1 Å². The average molecular weight is 379 g/mol. The first-order valence-corrected chi connectivity index (χ1v) is 10.5. The fourth-order valence-electron chi connectivity index (χ4n) is 4.37. The van der Waals surface area contributed by atoms with E-state index in [0.29, 0.717) is 19.3 Å². The number of nitrogens with zero attached hydrogens (tertiary/aromatic N) is 1. The van der Waals surface area contributed by atoms with E-state index in [2.05, 4.69) is 46.6 Å².